The van der Waals surface area contributed by atoms with Gasteiger partial charge in [-0.15, -0.1) is 0 Å². The van der Waals surface area contributed by atoms with Crippen molar-refractivity contribution in [3.05, 3.63) is 36.5 Å². The van der Waals surface area contributed by atoms with Crippen LogP contribution in [0, 0.1) is 5.92 Å². The van der Waals surface area contributed by atoms with Gasteiger partial charge in [0.1, 0.15) is 0 Å². The van der Waals surface area contributed by atoms with Crippen LogP contribution in [-0.2, 0) is 0 Å². The molecule has 1 N–H and O–H groups in total. The summed E-state index contributed by atoms with van der Waals surface area (Å²) in [6, 6.07) is 10.3. The molecule has 1 aromatic carbocycles. The molecule has 0 saturated carbocycles. The van der Waals surface area contributed by atoms with Gasteiger partial charge in [0.05, 0.1) is 17.7 Å². The van der Waals surface area contributed by atoms with E-state index in [1.165, 1.54) is 12.8 Å². The van der Waals surface area contributed by atoms with E-state index >= 15 is 0 Å². The average molecular weight is 299 g/mol. The Balaban J connectivity index is 1.75. The van der Waals surface area contributed by atoms with E-state index < -0.39 is 0 Å². The van der Waals surface area contributed by atoms with Gasteiger partial charge >= 0.3 is 0 Å². The first kappa shape index (κ1) is 14.4. The Morgan fingerprint density at radius 3 is 2.86 bits per heavy atom. The Morgan fingerprint density at radius 1 is 1.24 bits per heavy atom. The average Bonchev–Trinajstić information content (AvgIpc) is 2.97. The van der Waals surface area contributed by atoms with Gasteiger partial charge in [0.2, 0.25) is 0 Å². The maximum Gasteiger partial charge on any atom is 0.161 e. The summed E-state index contributed by atoms with van der Waals surface area (Å²) < 4.78 is 0. The molecule has 0 spiro atoms. The summed E-state index contributed by atoms with van der Waals surface area (Å²) in [5, 5.41) is 6.27. The van der Waals surface area contributed by atoms with Crippen molar-refractivity contribution >= 4 is 33.5 Å². The second kappa shape index (κ2) is 6.48. The minimum atomic E-state index is 0.616. The third-order valence-electron chi connectivity index (χ3n) is 4.13. The molecular weight excluding hydrogens is 278 g/mol. The number of fused-ring (bicyclic) bond motifs is 1. The number of hydrogen-bond donors (Lipinski definition) is 1. The van der Waals surface area contributed by atoms with E-state index in [0.29, 0.717) is 5.25 Å². The number of hydrogen-bond acceptors (Lipinski definition) is 4. The van der Waals surface area contributed by atoms with Gasteiger partial charge in [0, 0.05) is 16.8 Å². The van der Waals surface area contributed by atoms with Crippen LogP contribution in [-0.4, -0.2) is 21.9 Å². The van der Waals surface area contributed by atoms with Crippen LogP contribution in [0.5, 0.6) is 0 Å². The van der Waals surface area contributed by atoms with Crippen LogP contribution in [0.15, 0.2) is 41.5 Å². The van der Waals surface area contributed by atoms with Crippen molar-refractivity contribution in [1.29, 1.82) is 0 Å². The van der Waals surface area contributed by atoms with Crippen molar-refractivity contribution in [3.8, 4) is 0 Å². The minimum absolute atomic E-state index is 0.616. The van der Waals surface area contributed by atoms with E-state index in [1.807, 2.05) is 24.0 Å². The Morgan fingerprint density at radius 2 is 2.05 bits per heavy atom. The van der Waals surface area contributed by atoms with Crippen molar-refractivity contribution in [2.75, 3.05) is 11.9 Å². The molecule has 1 aromatic heterocycles. The van der Waals surface area contributed by atoms with Gasteiger partial charge in [-0.25, -0.2) is 0 Å². The van der Waals surface area contributed by atoms with Crippen molar-refractivity contribution < 1.29 is 0 Å². The third-order valence-corrected chi connectivity index (χ3v) is 5.42. The van der Waals surface area contributed by atoms with Crippen LogP contribution in [0.25, 0.3) is 10.9 Å². The Kier molecular flexibility index (Phi) is 4.44. The summed E-state index contributed by atoms with van der Waals surface area (Å²) in [5.74, 6) is 0.753. The number of thioether (sulfide) groups is 1. The molecule has 1 aliphatic heterocycles. The normalized spacial score (nSPS) is 18.2. The molecule has 0 radical (unpaired) electrons. The Hall–Kier alpha value is -1.55. The first-order valence-corrected chi connectivity index (χ1v) is 8.51. The van der Waals surface area contributed by atoms with Gasteiger partial charge in [-0.1, -0.05) is 56.7 Å². The molecule has 110 valence electrons. The zero-order valence-corrected chi connectivity index (χ0v) is 13.4. The van der Waals surface area contributed by atoms with E-state index in [1.54, 1.807) is 0 Å². The molecule has 3 rings (SSSR count). The van der Waals surface area contributed by atoms with Gasteiger partial charge in [0.15, 0.2) is 5.17 Å². The molecule has 2 heterocycles. The lowest BCUT2D eigenvalue weighted by Crippen LogP contribution is -2.17. The molecule has 1 atom stereocenters. The Labute approximate surface area is 130 Å². The van der Waals surface area contributed by atoms with Gasteiger partial charge in [0.25, 0.3) is 0 Å². The number of nitrogens with zero attached hydrogens (tertiary/aromatic N) is 2. The highest BCUT2D eigenvalue weighted by Crippen LogP contribution is 2.32. The van der Waals surface area contributed by atoms with Crippen molar-refractivity contribution in [3.63, 3.8) is 0 Å². The van der Waals surface area contributed by atoms with E-state index in [9.17, 15) is 0 Å². The number of benzene rings is 1. The predicted molar refractivity (Wildman–Crippen MR) is 93.1 cm³/mol. The number of amidine groups is 1. The summed E-state index contributed by atoms with van der Waals surface area (Å²) in [4.78, 5) is 9.16. The second-order valence-corrected chi connectivity index (χ2v) is 6.61. The highest BCUT2D eigenvalue weighted by Gasteiger charge is 2.26. The zero-order valence-electron chi connectivity index (χ0n) is 12.5. The molecule has 2 aromatic rings. The van der Waals surface area contributed by atoms with Crippen LogP contribution in [0.1, 0.15) is 26.7 Å². The van der Waals surface area contributed by atoms with E-state index in [-0.39, 0.29) is 0 Å². The van der Waals surface area contributed by atoms with E-state index in [0.717, 1.165) is 34.2 Å². The molecule has 4 heteroatoms. The Bertz CT molecular complexity index is 644. The summed E-state index contributed by atoms with van der Waals surface area (Å²) in [6.45, 7) is 5.47. The van der Waals surface area contributed by atoms with Gasteiger partial charge in [-0.3, -0.25) is 9.98 Å². The predicted octanol–water partition coefficient (Wildman–Crippen LogP) is 4.55. The lowest BCUT2D eigenvalue weighted by molar-refractivity contribution is 0.479. The molecule has 1 aliphatic rings. The SMILES string of the molecule is CCC(CC)C1CN=C(Nc2cccc3cccnc23)S1. The first-order chi connectivity index (χ1) is 10.3. The molecule has 0 saturated heterocycles. The highest BCUT2D eigenvalue weighted by molar-refractivity contribution is 8.15. The molecule has 1 unspecified atom stereocenters. The zero-order chi connectivity index (χ0) is 14.7. The topological polar surface area (TPSA) is 37.3 Å². The number of para-hydroxylation sites is 1. The number of aromatic nitrogens is 1. The number of pyridine rings is 1. The summed E-state index contributed by atoms with van der Waals surface area (Å²) in [7, 11) is 0. The number of rotatable bonds is 4. The van der Waals surface area contributed by atoms with Crippen LogP contribution in [0.3, 0.4) is 0 Å². The highest BCUT2D eigenvalue weighted by atomic mass is 32.2. The van der Waals surface area contributed by atoms with Crippen molar-refractivity contribution in [2.24, 2.45) is 10.9 Å². The van der Waals surface area contributed by atoms with Crippen molar-refractivity contribution in [2.45, 2.75) is 31.9 Å². The molecule has 0 amide bonds. The summed E-state index contributed by atoms with van der Waals surface area (Å²) in [6.07, 6.45) is 4.30. The van der Waals surface area contributed by atoms with Gasteiger partial charge in [-0.2, -0.15) is 0 Å². The summed E-state index contributed by atoms with van der Waals surface area (Å²) in [5.41, 5.74) is 2.05. The van der Waals surface area contributed by atoms with Gasteiger partial charge in [-0.05, 0) is 18.1 Å². The molecule has 21 heavy (non-hydrogen) atoms. The standard InChI is InChI=1S/C17H21N3S/c1-3-12(4-2)15-11-19-17(21-15)20-14-9-5-7-13-8-6-10-18-16(13)14/h5-10,12,15H,3-4,11H2,1-2H3,(H,19,20). The molecule has 0 aliphatic carbocycles. The molecule has 0 bridgehead atoms. The van der Waals surface area contributed by atoms with E-state index in [2.05, 4.69) is 53.4 Å². The lowest BCUT2D eigenvalue weighted by Gasteiger charge is -2.18. The largest absolute Gasteiger partial charge is 0.333 e. The number of aliphatic imine (C=N–C) groups is 1. The maximum atomic E-state index is 4.68. The lowest BCUT2D eigenvalue weighted by atomic mass is 9.99. The third kappa shape index (κ3) is 3.05. The minimum Gasteiger partial charge on any atom is -0.333 e. The van der Waals surface area contributed by atoms with Crippen LogP contribution >= 0.6 is 11.8 Å². The fourth-order valence-electron chi connectivity index (χ4n) is 2.84. The number of nitrogens with one attached hydrogen (secondary N) is 1. The molecule has 3 nitrogen and oxygen atoms in total. The smallest absolute Gasteiger partial charge is 0.161 e. The van der Waals surface area contributed by atoms with E-state index in [4.69, 9.17) is 0 Å². The maximum absolute atomic E-state index is 4.68. The van der Waals surface area contributed by atoms with Crippen LogP contribution < -0.4 is 5.32 Å². The fourth-order valence-corrected chi connectivity index (χ4v) is 4.17. The molecular formula is C17H21N3S. The number of anilines is 1. The van der Waals surface area contributed by atoms with Crippen molar-refractivity contribution in [1.82, 2.24) is 4.98 Å². The van der Waals surface area contributed by atoms with Crippen LogP contribution in [0.4, 0.5) is 5.69 Å². The second-order valence-electron chi connectivity index (χ2n) is 5.38. The summed E-state index contributed by atoms with van der Waals surface area (Å²) >= 11 is 1.88. The van der Waals surface area contributed by atoms with Gasteiger partial charge < -0.3 is 5.32 Å². The first-order valence-electron chi connectivity index (χ1n) is 7.63. The van der Waals surface area contributed by atoms with Crippen LogP contribution in [0.2, 0.25) is 0 Å². The monoisotopic (exact) mass is 299 g/mol. The quantitative estimate of drug-likeness (QED) is 0.899. The molecule has 0 fully saturated rings. The fraction of sp³-hybridized carbons (Fsp3) is 0.412.